The number of piperazine rings is 1. The second-order valence-electron chi connectivity index (χ2n) is 5.58. The molecule has 1 heterocycles. The van der Waals surface area contributed by atoms with Crippen LogP contribution in [0.2, 0.25) is 0 Å². The van der Waals surface area contributed by atoms with Gasteiger partial charge in [-0.1, -0.05) is 15.9 Å². The first-order valence-electron chi connectivity index (χ1n) is 6.98. The molecule has 0 aromatic heterocycles. The quantitative estimate of drug-likeness (QED) is 0.845. The van der Waals surface area contributed by atoms with Gasteiger partial charge >= 0.3 is 0 Å². The molecule has 18 heavy (non-hydrogen) atoms. The largest absolute Gasteiger partial charge is 0.369 e. The van der Waals surface area contributed by atoms with E-state index in [2.05, 4.69) is 56.9 Å². The fraction of sp³-hybridized carbons (Fsp3) is 0.600. The molecule has 1 atom stereocenters. The van der Waals surface area contributed by atoms with Crippen LogP contribution in [0.1, 0.15) is 19.8 Å². The molecule has 98 valence electrons. The summed E-state index contributed by atoms with van der Waals surface area (Å²) >= 11 is 3.49. The third-order valence-corrected chi connectivity index (χ3v) is 4.91. The van der Waals surface area contributed by atoms with E-state index in [1.54, 1.807) is 0 Å². The van der Waals surface area contributed by atoms with E-state index in [0.717, 1.165) is 16.4 Å². The molecule has 1 aromatic carbocycles. The van der Waals surface area contributed by atoms with Crippen molar-refractivity contribution in [1.29, 1.82) is 0 Å². The number of hydrogen-bond acceptors (Lipinski definition) is 2. The van der Waals surface area contributed by atoms with Crippen molar-refractivity contribution in [1.82, 2.24) is 4.90 Å². The molecular formula is C15H21BrN2. The molecule has 0 N–H and O–H groups in total. The lowest BCUT2D eigenvalue weighted by atomic mass is 10.1. The van der Waals surface area contributed by atoms with E-state index in [1.807, 2.05) is 0 Å². The van der Waals surface area contributed by atoms with Crippen LogP contribution in [0.5, 0.6) is 0 Å². The zero-order valence-corrected chi connectivity index (χ0v) is 12.6. The van der Waals surface area contributed by atoms with Crippen molar-refractivity contribution in [3.05, 3.63) is 28.7 Å². The number of nitrogens with zero attached hydrogens (tertiary/aromatic N) is 2. The van der Waals surface area contributed by atoms with Gasteiger partial charge in [-0.3, -0.25) is 4.90 Å². The highest BCUT2D eigenvalue weighted by molar-refractivity contribution is 9.10. The maximum absolute atomic E-state index is 3.49. The monoisotopic (exact) mass is 308 g/mol. The highest BCUT2D eigenvalue weighted by Crippen LogP contribution is 2.35. The minimum Gasteiger partial charge on any atom is -0.369 e. The Morgan fingerprint density at radius 3 is 2.22 bits per heavy atom. The third kappa shape index (κ3) is 2.72. The summed E-state index contributed by atoms with van der Waals surface area (Å²) in [5, 5.41) is 0. The van der Waals surface area contributed by atoms with Gasteiger partial charge in [0.1, 0.15) is 0 Å². The van der Waals surface area contributed by atoms with E-state index >= 15 is 0 Å². The highest BCUT2D eigenvalue weighted by atomic mass is 79.9. The molecule has 1 aliphatic heterocycles. The average Bonchev–Trinajstić information content (AvgIpc) is 3.23. The van der Waals surface area contributed by atoms with Crippen molar-refractivity contribution in [3.8, 4) is 0 Å². The van der Waals surface area contributed by atoms with Gasteiger partial charge in [-0.2, -0.15) is 0 Å². The van der Waals surface area contributed by atoms with Crippen molar-refractivity contribution in [2.24, 2.45) is 5.92 Å². The van der Waals surface area contributed by atoms with Crippen molar-refractivity contribution in [2.45, 2.75) is 25.8 Å². The summed E-state index contributed by atoms with van der Waals surface area (Å²) in [6.07, 6.45) is 2.90. The molecule has 0 amide bonds. The minimum absolute atomic E-state index is 0.803. The molecule has 2 fully saturated rings. The molecule has 3 heteroatoms. The first-order valence-corrected chi connectivity index (χ1v) is 7.78. The lowest BCUT2D eigenvalue weighted by Gasteiger charge is -2.39. The fourth-order valence-electron chi connectivity index (χ4n) is 2.92. The number of rotatable bonds is 3. The molecule has 3 rings (SSSR count). The van der Waals surface area contributed by atoms with Crippen LogP contribution in [-0.2, 0) is 0 Å². The van der Waals surface area contributed by atoms with Gasteiger partial charge in [0.05, 0.1) is 0 Å². The van der Waals surface area contributed by atoms with Crippen molar-refractivity contribution in [2.75, 3.05) is 31.1 Å². The molecule has 0 unspecified atom stereocenters. The predicted molar refractivity (Wildman–Crippen MR) is 80.1 cm³/mol. The SMILES string of the molecule is C[C@H](C1CC1)N1CCN(c2ccc(Br)cc2)CC1. The minimum atomic E-state index is 0.803. The van der Waals surface area contributed by atoms with Gasteiger partial charge < -0.3 is 4.90 Å². The summed E-state index contributed by atoms with van der Waals surface area (Å²) in [4.78, 5) is 5.18. The van der Waals surface area contributed by atoms with Crippen molar-refractivity contribution >= 4 is 21.6 Å². The molecule has 0 radical (unpaired) electrons. The fourth-order valence-corrected chi connectivity index (χ4v) is 3.18. The van der Waals surface area contributed by atoms with Crippen LogP contribution in [0.3, 0.4) is 0 Å². The van der Waals surface area contributed by atoms with Crippen LogP contribution in [0, 0.1) is 5.92 Å². The van der Waals surface area contributed by atoms with Gasteiger partial charge in [-0.25, -0.2) is 0 Å². The van der Waals surface area contributed by atoms with E-state index in [4.69, 9.17) is 0 Å². The van der Waals surface area contributed by atoms with Gasteiger partial charge in [0.2, 0.25) is 0 Å². The average molecular weight is 309 g/mol. The molecule has 1 aromatic rings. The molecule has 2 nitrogen and oxygen atoms in total. The Hall–Kier alpha value is -0.540. The molecule has 0 bridgehead atoms. The standard InChI is InChI=1S/C15H21BrN2/c1-12(13-2-3-13)17-8-10-18(11-9-17)15-6-4-14(16)5-7-15/h4-7,12-13H,2-3,8-11H2,1H3/t12-/m1/s1. The number of hydrogen-bond donors (Lipinski definition) is 0. The van der Waals surface area contributed by atoms with Crippen molar-refractivity contribution < 1.29 is 0 Å². The first kappa shape index (κ1) is 12.5. The Balaban J connectivity index is 1.57. The first-order chi connectivity index (χ1) is 8.74. The predicted octanol–water partition coefficient (Wildman–Crippen LogP) is 3.37. The van der Waals surface area contributed by atoms with E-state index in [9.17, 15) is 0 Å². The molecular weight excluding hydrogens is 288 g/mol. The topological polar surface area (TPSA) is 6.48 Å². The molecule has 1 saturated heterocycles. The smallest absolute Gasteiger partial charge is 0.0367 e. The maximum atomic E-state index is 3.49. The summed E-state index contributed by atoms with van der Waals surface area (Å²) in [6.45, 7) is 7.17. The zero-order chi connectivity index (χ0) is 12.5. The van der Waals surface area contributed by atoms with Crippen LogP contribution >= 0.6 is 15.9 Å². The van der Waals surface area contributed by atoms with E-state index in [0.29, 0.717) is 0 Å². The zero-order valence-electron chi connectivity index (χ0n) is 11.0. The summed E-state index contributed by atoms with van der Waals surface area (Å²) in [5.41, 5.74) is 1.36. The highest BCUT2D eigenvalue weighted by Gasteiger charge is 2.33. The van der Waals surface area contributed by atoms with Gasteiger partial charge in [-0.15, -0.1) is 0 Å². The number of anilines is 1. The van der Waals surface area contributed by atoms with Crippen LogP contribution in [0.15, 0.2) is 28.7 Å². The Kier molecular flexibility index (Phi) is 3.62. The maximum Gasteiger partial charge on any atom is 0.0367 e. The second kappa shape index (κ2) is 5.22. The molecule has 1 saturated carbocycles. The number of halogens is 1. The van der Waals surface area contributed by atoms with Crippen LogP contribution in [-0.4, -0.2) is 37.1 Å². The molecule has 0 spiro atoms. The Bertz CT molecular complexity index is 391. The lowest BCUT2D eigenvalue weighted by molar-refractivity contribution is 0.179. The van der Waals surface area contributed by atoms with Gasteiger partial charge in [0.15, 0.2) is 0 Å². The Morgan fingerprint density at radius 2 is 1.67 bits per heavy atom. The van der Waals surface area contributed by atoms with Crippen LogP contribution in [0.25, 0.3) is 0 Å². The van der Waals surface area contributed by atoms with Crippen molar-refractivity contribution in [3.63, 3.8) is 0 Å². The molecule has 2 aliphatic rings. The van der Waals surface area contributed by atoms with E-state index in [-0.39, 0.29) is 0 Å². The third-order valence-electron chi connectivity index (χ3n) is 4.39. The lowest BCUT2D eigenvalue weighted by Crippen LogP contribution is -2.50. The normalized spacial score (nSPS) is 23.1. The Morgan fingerprint density at radius 1 is 1.06 bits per heavy atom. The second-order valence-corrected chi connectivity index (χ2v) is 6.49. The van der Waals surface area contributed by atoms with E-state index < -0.39 is 0 Å². The number of benzene rings is 1. The van der Waals surface area contributed by atoms with Gasteiger partial charge in [-0.05, 0) is 49.9 Å². The summed E-state index contributed by atoms with van der Waals surface area (Å²) < 4.78 is 1.16. The summed E-state index contributed by atoms with van der Waals surface area (Å²) in [7, 11) is 0. The summed E-state index contributed by atoms with van der Waals surface area (Å²) in [5.74, 6) is 0.990. The van der Waals surface area contributed by atoms with Crippen LogP contribution < -0.4 is 4.90 Å². The Labute approximate surface area is 118 Å². The summed E-state index contributed by atoms with van der Waals surface area (Å²) in [6, 6.07) is 9.49. The van der Waals surface area contributed by atoms with Gasteiger partial charge in [0.25, 0.3) is 0 Å². The van der Waals surface area contributed by atoms with E-state index in [1.165, 1.54) is 44.7 Å². The van der Waals surface area contributed by atoms with Gasteiger partial charge in [0, 0.05) is 42.4 Å². The van der Waals surface area contributed by atoms with Crippen LogP contribution in [0.4, 0.5) is 5.69 Å². The molecule has 1 aliphatic carbocycles.